The second-order valence-corrected chi connectivity index (χ2v) is 12.9. The minimum Gasteiger partial charge on any atom is -0.508 e. The van der Waals surface area contributed by atoms with Crippen molar-refractivity contribution in [3.05, 3.63) is 47.4 Å². The lowest BCUT2D eigenvalue weighted by Crippen LogP contribution is -2.69. The molecule has 1 spiro atoms. The van der Waals surface area contributed by atoms with E-state index >= 15 is 0 Å². The van der Waals surface area contributed by atoms with Gasteiger partial charge in [-0.05, 0) is 43.7 Å². The van der Waals surface area contributed by atoms with Crippen molar-refractivity contribution in [2.24, 2.45) is 5.92 Å². The largest absolute Gasteiger partial charge is 0.508 e. The first-order valence-electron chi connectivity index (χ1n) is 12.7. The second-order valence-electron chi connectivity index (χ2n) is 10.4. The molecule has 2 amide bonds. The minimum atomic E-state index is -1.72. The van der Waals surface area contributed by atoms with Crippen molar-refractivity contribution in [2.45, 2.75) is 53.1 Å². The number of nitrogens with zero attached hydrogens (tertiary/aromatic N) is 1. The molecule has 9 nitrogen and oxygen atoms in total. The third-order valence-electron chi connectivity index (χ3n) is 8.52. The normalized spacial score (nSPS) is 28.6. The molecule has 2 bridgehead atoms. The molecule has 1 aromatic carbocycles. The van der Waals surface area contributed by atoms with Gasteiger partial charge in [0, 0.05) is 46.8 Å². The predicted octanol–water partition coefficient (Wildman–Crippen LogP) is 4.74. The van der Waals surface area contributed by atoms with E-state index in [1.54, 1.807) is 35.6 Å². The fourth-order valence-corrected chi connectivity index (χ4v) is 7.29. The Morgan fingerprint density at radius 3 is 2.87 bits per heavy atom. The first-order chi connectivity index (χ1) is 18.6. The Morgan fingerprint density at radius 1 is 1.33 bits per heavy atom. The van der Waals surface area contributed by atoms with E-state index in [0.29, 0.717) is 37.3 Å². The van der Waals surface area contributed by atoms with Crippen LogP contribution in [-0.2, 0) is 21.4 Å². The van der Waals surface area contributed by atoms with Gasteiger partial charge in [0.1, 0.15) is 18.5 Å². The van der Waals surface area contributed by atoms with E-state index in [2.05, 4.69) is 5.32 Å². The molecular formula is C27H27Cl3N2O7. The van der Waals surface area contributed by atoms with Crippen molar-refractivity contribution in [3.8, 4) is 17.2 Å². The Kier molecular flexibility index (Phi) is 6.59. The van der Waals surface area contributed by atoms with Crippen LogP contribution in [0.2, 0.25) is 0 Å². The molecule has 2 N–H and O–H groups in total. The molecule has 0 unspecified atom stereocenters. The maximum absolute atomic E-state index is 13.1. The average molecular weight is 598 g/mol. The zero-order chi connectivity index (χ0) is 27.5. The van der Waals surface area contributed by atoms with Gasteiger partial charge in [-0.15, -0.1) is 0 Å². The standard InChI is InChI=1S/C27H27Cl3N2O7/c1-36-20-11-19(33)15-10-18-16-3-4-17(31-21(34)5-2-14-6-9-37-12-14)24-26(16,22(15)23(20)39-24)7-8-32(18)25(35)38-13-27(28,29)30/h2,5-6,9,11-12,16-18,24,33H,3-4,7-8,10,13H2,1H3,(H,31,34)/b5-2+/t16-,17+,18+,24-,26-/m0/s1. The van der Waals surface area contributed by atoms with E-state index in [1.807, 2.05) is 0 Å². The van der Waals surface area contributed by atoms with Gasteiger partial charge in [0.05, 0.1) is 25.7 Å². The van der Waals surface area contributed by atoms with Gasteiger partial charge in [-0.3, -0.25) is 4.79 Å². The average Bonchev–Trinajstić information content (AvgIpc) is 3.53. The van der Waals surface area contributed by atoms with Crippen molar-refractivity contribution in [2.75, 3.05) is 20.3 Å². The lowest BCUT2D eigenvalue weighted by Gasteiger charge is -2.59. The molecule has 39 heavy (non-hydrogen) atoms. The number of phenolic OH excluding ortho intramolecular Hbond substituents is 1. The summed E-state index contributed by atoms with van der Waals surface area (Å²) in [5.74, 6) is 0.892. The van der Waals surface area contributed by atoms with Crippen molar-refractivity contribution < 1.29 is 33.3 Å². The summed E-state index contributed by atoms with van der Waals surface area (Å²) in [6.07, 6.45) is 7.63. The first-order valence-corrected chi connectivity index (χ1v) is 13.9. The molecule has 6 rings (SSSR count). The number of nitrogens with one attached hydrogen (secondary N) is 1. The molecule has 1 saturated heterocycles. The lowest BCUT2D eigenvalue weighted by molar-refractivity contribution is -0.120. The monoisotopic (exact) mass is 596 g/mol. The number of hydrogen-bond donors (Lipinski definition) is 2. The van der Waals surface area contributed by atoms with Gasteiger partial charge in [0.2, 0.25) is 9.70 Å². The highest BCUT2D eigenvalue weighted by atomic mass is 35.6. The number of hydrogen-bond acceptors (Lipinski definition) is 7. The number of likely N-dealkylation sites (tertiary alicyclic amines) is 1. The van der Waals surface area contributed by atoms with Gasteiger partial charge >= 0.3 is 6.09 Å². The fourth-order valence-electron chi connectivity index (χ4n) is 7.12. The van der Waals surface area contributed by atoms with Crippen LogP contribution in [0.25, 0.3) is 6.08 Å². The summed E-state index contributed by atoms with van der Waals surface area (Å²) in [7, 11) is 1.53. The number of ether oxygens (including phenoxy) is 3. The van der Waals surface area contributed by atoms with Crippen LogP contribution in [0.15, 0.2) is 35.2 Å². The summed E-state index contributed by atoms with van der Waals surface area (Å²) in [5, 5.41) is 14.2. The van der Waals surface area contributed by atoms with Crippen LogP contribution >= 0.6 is 34.8 Å². The molecule has 1 saturated carbocycles. The molecule has 1 aromatic heterocycles. The maximum Gasteiger partial charge on any atom is 0.410 e. The van der Waals surface area contributed by atoms with Crippen molar-refractivity contribution in [3.63, 3.8) is 0 Å². The van der Waals surface area contributed by atoms with Crippen LogP contribution in [0.1, 0.15) is 36.0 Å². The van der Waals surface area contributed by atoms with Crippen LogP contribution in [0, 0.1) is 5.92 Å². The topological polar surface area (TPSA) is 110 Å². The Balaban J connectivity index is 1.34. The summed E-state index contributed by atoms with van der Waals surface area (Å²) >= 11 is 17.4. The van der Waals surface area contributed by atoms with E-state index in [0.717, 1.165) is 23.1 Å². The maximum atomic E-state index is 13.1. The number of rotatable bonds is 5. The third kappa shape index (κ3) is 4.39. The predicted molar refractivity (Wildman–Crippen MR) is 144 cm³/mol. The van der Waals surface area contributed by atoms with Gasteiger partial charge in [-0.25, -0.2) is 4.79 Å². The number of amides is 2. The summed E-state index contributed by atoms with van der Waals surface area (Å²) in [5.41, 5.74) is 1.90. The quantitative estimate of drug-likeness (QED) is 0.379. The zero-order valence-corrected chi connectivity index (χ0v) is 23.3. The molecule has 208 valence electrons. The highest BCUT2D eigenvalue weighted by Gasteiger charge is 2.67. The van der Waals surface area contributed by atoms with Crippen LogP contribution in [0.4, 0.5) is 4.79 Å². The number of methoxy groups -OCH3 is 1. The van der Waals surface area contributed by atoms with Crippen LogP contribution in [0.5, 0.6) is 17.2 Å². The molecule has 4 aliphatic rings. The number of alkyl halides is 3. The molecular weight excluding hydrogens is 571 g/mol. The molecule has 2 aromatic rings. The second kappa shape index (κ2) is 9.71. The number of piperidine rings is 1. The van der Waals surface area contributed by atoms with Crippen LogP contribution < -0.4 is 14.8 Å². The molecule has 2 fully saturated rings. The zero-order valence-electron chi connectivity index (χ0n) is 21.0. The minimum absolute atomic E-state index is 0.00597. The number of furan rings is 1. The number of halogens is 3. The molecule has 3 heterocycles. The van der Waals surface area contributed by atoms with Gasteiger partial charge in [0.25, 0.3) is 0 Å². The van der Waals surface area contributed by atoms with Crippen molar-refractivity contribution >= 4 is 52.9 Å². The van der Waals surface area contributed by atoms with Crippen LogP contribution in [0.3, 0.4) is 0 Å². The third-order valence-corrected chi connectivity index (χ3v) is 8.85. The van der Waals surface area contributed by atoms with Crippen molar-refractivity contribution in [1.82, 2.24) is 10.2 Å². The van der Waals surface area contributed by atoms with Gasteiger partial charge in [0.15, 0.2) is 11.5 Å². The smallest absolute Gasteiger partial charge is 0.410 e. The number of benzene rings is 1. The number of aromatic hydroxyl groups is 1. The van der Waals surface area contributed by atoms with E-state index < -0.39 is 21.4 Å². The SMILES string of the molecule is COc1cc(O)c2c3c1O[C@H]1[C@H](NC(=O)/C=C/c4ccoc4)CC[C@H]4[C@@H](C2)N(C(=O)OCC(Cl)(Cl)Cl)CC[C@@]341. The number of carbonyl (C=O) groups is 2. The highest BCUT2D eigenvalue weighted by molar-refractivity contribution is 6.67. The molecule has 12 heteroatoms. The molecule has 2 aliphatic heterocycles. The lowest BCUT2D eigenvalue weighted by atomic mass is 9.51. The van der Waals surface area contributed by atoms with Gasteiger partial charge in [-0.1, -0.05) is 34.8 Å². The molecule has 2 aliphatic carbocycles. The van der Waals surface area contributed by atoms with Gasteiger partial charge < -0.3 is 34.0 Å². The number of carbonyl (C=O) groups excluding carboxylic acids is 2. The fraction of sp³-hybridized carbons (Fsp3) is 0.481. The summed E-state index contributed by atoms with van der Waals surface area (Å²) in [6, 6.07) is 2.75. The van der Waals surface area contributed by atoms with E-state index in [9.17, 15) is 14.7 Å². The summed E-state index contributed by atoms with van der Waals surface area (Å²) in [6.45, 7) is 0.0164. The van der Waals surface area contributed by atoms with E-state index in [-0.39, 0.29) is 36.3 Å². The van der Waals surface area contributed by atoms with Crippen molar-refractivity contribution in [1.29, 1.82) is 0 Å². The Hall–Kier alpha value is -2.75. The van der Waals surface area contributed by atoms with E-state index in [1.165, 1.54) is 13.2 Å². The molecule has 0 radical (unpaired) electrons. The summed E-state index contributed by atoms with van der Waals surface area (Å²) in [4.78, 5) is 27.7. The van der Waals surface area contributed by atoms with E-state index in [4.69, 9.17) is 53.4 Å². The summed E-state index contributed by atoms with van der Waals surface area (Å²) < 4.78 is 20.9. The molecule has 5 atom stereocenters. The highest BCUT2D eigenvalue weighted by Crippen LogP contribution is 2.65. The Morgan fingerprint density at radius 2 is 2.15 bits per heavy atom. The van der Waals surface area contributed by atoms with Crippen LogP contribution in [-0.4, -0.2) is 64.2 Å². The Labute approximate surface area is 239 Å². The van der Waals surface area contributed by atoms with Gasteiger partial charge in [-0.2, -0.15) is 0 Å². The first kappa shape index (κ1) is 26.5. The number of phenols is 1. The Bertz CT molecular complexity index is 1330.